The van der Waals surface area contributed by atoms with Crippen molar-refractivity contribution in [3.8, 4) is 0 Å². The Labute approximate surface area is 148 Å². The Morgan fingerprint density at radius 1 is 1.33 bits per heavy atom. The summed E-state index contributed by atoms with van der Waals surface area (Å²) in [6.45, 7) is 10.7. The van der Waals surface area contributed by atoms with Crippen LogP contribution in [-0.2, 0) is 13.0 Å². The fraction of sp³-hybridized carbons (Fsp3) is 0.556. The summed E-state index contributed by atoms with van der Waals surface area (Å²) in [5, 5.41) is 12.9. The highest BCUT2D eigenvalue weighted by Crippen LogP contribution is 2.15. The number of nitrogens with one attached hydrogen (secondary N) is 2. The van der Waals surface area contributed by atoms with E-state index in [0.717, 1.165) is 36.9 Å². The lowest BCUT2D eigenvalue weighted by Crippen LogP contribution is -2.39. The second-order valence-corrected chi connectivity index (χ2v) is 7.37. The summed E-state index contributed by atoms with van der Waals surface area (Å²) in [6, 6.07) is 6.28. The molecule has 0 aliphatic rings. The van der Waals surface area contributed by atoms with Crippen LogP contribution >= 0.6 is 11.3 Å². The maximum Gasteiger partial charge on any atom is 0.191 e. The summed E-state index contributed by atoms with van der Waals surface area (Å²) in [5.41, 5.74) is 0.975. The number of rotatable bonds is 8. The van der Waals surface area contributed by atoms with Crippen LogP contribution in [0.4, 0.5) is 0 Å². The number of aromatic nitrogens is 1. The number of aliphatic imine (C=N–C) groups is 1. The van der Waals surface area contributed by atoms with E-state index in [0.29, 0.717) is 18.4 Å². The first kappa shape index (κ1) is 18.5. The van der Waals surface area contributed by atoms with E-state index >= 15 is 0 Å². The average Bonchev–Trinajstić information content (AvgIpc) is 3.21. The molecule has 0 fully saturated rings. The molecule has 1 unspecified atom stereocenters. The van der Waals surface area contributed by atoms with Gasteiger partial charge in [-0.3, -0.25) is 0 Å². The average molecular weight is 349 g/mol. The molecule has 6 heteroatoms. The summed E-state index contributed by atoms with van der Waals surface area (Å²) >= 11 is 1.81. The van der Waals surface area contributed by atoms with Gasteiger partial charge in [0.2, 0.25) is 0 Å². The third-order valence-corrected chi connectivity index (χ3v) is 4.55. The minimum Gasteiger partial charge on any atom is -0.359 e. The van der Waals surface area contributed by atoms with Gasteiger partial charge in [0, 0.05) is 24.0 Å². The standard InChI is InChI=1S/C18H28N4OS/c1-5-19-18(20-11-14(4)9-16-7-6-8-24-16)21-12-15-10-17(13(2)3)22-23-15/h6-8,10,13-14H,5,9,11-12H2,1-4H3,(H2,19,20,21). The molecule has 0 bridgehead atoms. The van der Waals surface area contributed by atoms with E-state index in [4.69, 9.17) is 4.52 Å². The molecule has 1 atom stereocenters. The zero-order valence-corrected chi connectivity index (χ0v) is 15.8. The second-order valence-electron chi connectivity index (χ2n) is 6.34. The zero-order chi connectivity index (χ0) is 17.4. The van der Waals surface area contributed by atoms with Gasteiger partial charge < -0.3 is 15.2 Å². The van der Waals surface area contributed by atoms with E-state index in [1.165, 1.54) is 4.88 Å². The third kappa shape index (κ3) is 6.00. The third-order valence-electron chi connectivity index (χ3n) is 3.65. The van der Waals surface area contributed by atoms with Crippen molar-refractivity contribution in [3.05, 3.63) is 39.9 Å². The van der Waals surface area contributed by atoms with E-state index in [9.17, 15) is 0 Å². The zero-order valence-electron chi connectivity index (χ0n) is 15.0. The monoisotopic (exact) mass is 348 g/mol. The molecule has 2 aromatic rings. The summed E-state index contributed by atoms with van der Waals surface area (Å²) in [5.74, 6) is 2.53. The number of nitrogens with zero attached hydrogens (tertiary/aromatic N) is 2. The van der Waals surface area contributed by atoms with Crippen LogP contribution in [0.25, 0.3) is 0 Å². The van der Waals surface area contributed by atoms with Gasteiger partial charge in [-0.2, -0.15) is 0 Å². The molecule has 5 nitrogen and oxygen atoms in total. The molecule has 0 aliphatic carbocycles. The lowest BCUT2D eigenvalue weighted by atomic mass is 10.1. The highest BCUT2D eigenvalue weighted by Gasteiger charge is 2.09. The molecule has 0 radical (unpaired) electrons. The van der Waals surface area contributed by atoms with Gasteiger partial charge in [-0.1, -0.05) is 32.0 Å². The molecule has 2 aromatic heterocycles. The number of guanidine groups is 1. The summed E-state index contributed by atoms with van der Waals surface area (Å²) in [6.07, 6.45) is 1.09. The van der Waals surface area contributed by atoms with Gasteiger partial charge in [-0.25, -0.2) is 4.99 Å². The molecule has 0 amide bonds. The number of hydrogen-bond donors (Lipinski definition) is 2. The lowest BCUT2D eigenvalue weighted by molar-refractivity contribution is 0.376. The molecule has 0 spiro atoms. The lowest BCUT2D eigenvalue weighted by Gasteiger charge is -2.15. The predicted molar refractivity (Wildman–Crippen MR) is 101 cm³/mol. The molecule has 0 saturated heterocycles. The van der Waals surface area contributed by atoms with Gasteiger partial charge >= 0.3 is 0 Å². The first-order valence-electron chi connectivity index (χ1n) is 8.58. The Hall–Kier alpha value is -1.82. The Balaban J connectivity index is 1.85. The maximum atomic E-state index is 5.34. The van der Waals surface area contributed by atoms with Crippen LogP contribution in [0, 0.1) is 5.92 Å². The van der Waals surface area contributed by atoms with E-state index < -0.39 is 0 Å². The van der Waals surface area contributed by atoms with Crippen molar-refractivity contribution < 1.29 is 4.52 Å². The van der Waals surface area contributed by atoms with Crippen LogP contribution in [0.3, 0.4) is 0 Å². The highest BCUT2D eigenvalue weighted by atomic mass is 32.1. The molecule has 2 heterocycles. The number of hydrogen-bond acceptors (Lipinski definition) is 4. The highest BCUT2D eigenvalue weighted by molar-refractivity contribution is 7.09. The van der Waals surface area contributed by atoms with Gasteiger partial charge in [-0.15, -0.1) is 11.3 Å². The normalized spacial score (nSPS) is 13.3. The molecular formula is C18H28N4OS. The fourth-order valence-electron chi connectivity index (χ4n) is 2.29. The summed E-state index contributed by atoms with van der Waals surface area (Å²) < 4.78 is 5.34. The van der Waals surface area contributed by atoms with Crippen LogP contribution in [0.2, 0.25) is 0 Å². The fourth-order valence-corrected chi connectivity index (χ4v) is 3.16. The van der Waals surface area contributed by atoms with Crippen molar-refractivity contribution in [1.82, 2.24) is 15.8 Å². The summed E-state index contributed by atoms with van der Waals surface area (Å²) in [7, 11) is 0. The van der Waals surface area contributed by atoms with Crippen LogP contribution in [0.1, 0.15) is 49.9 Å². The van der Waals surface area contributed by atoms with Crippen molar-refractivity contribution in [2.75, 3.05) is 13.1 Å². The first-order chi connectivity index (χ1) is 11.6. The molecular weight excluding hydrogens is 320 g/mol. The smallest absolute Gasteiger partial charge is 0.191 e. The van der Waals surface area contributed by atoms with E-state index in [-0.39, 0.29) is 0 Å². The van der Waals surface area contributed by atoms with Gasteiger partial charge in [0.1, 0.15) is 6.54 Å². The van der Waals surface area contributed by atoms with Crippen LogP contribution in [-0.4, -0.2) is 24.2 Å². The minimum atomic E-state index is 0.371. The Bertz CT molecular complexity index is 619. The van der Waals surface area contributed by atoms with Gasteiger partial charge in [0.15, 0.2) is 11.7 Å². The van der Waals surface area contributed by atoms with Crippen LogP contribution in [0.15, 0.2) is 33.1 Å². The molecule has 132 valence electrons. The Kier molecular flexibility index (Phi) is 7.31. The quantitative estimate of drug-likeness (QED) is 0.563. The first-order valence-corrected chi connectivity index (χ1v) is 9.46. The van der Waals surface area contributed by atoms with Crippen molar-refractivity contribution in [2.24, 2.45) is 10.9 Å². The summed E-state index contributed by atoms with van der Waals surface area (Å²) in [4.78, 5) is 6.01. The Morgan fingerprint density at radius 2 is 2.17 bits per heavy atom. The van der Waals surface area contributed by atoms with Crippen LogP contribution in [0.5, 0.6) is 0 Å². The van der Waals surface area contributed by atoms with Gasteiger partial charge in [0.05, 0.1) is 5.69 Å². The SMILES string of the molecule is CCNC(=NCc1cc(C(C)C)no1)NCC(C)Cc1cccs1. The van der Waals surface area contributed by atoms with E-state index in [2.05, 4.69) is 66.0 Å². The molecule has 0 aromatic carbocycles. The number of thiophene rings is 1. The largest absolute Gasteiger partial charge is 0.359 e. The van der Waals surface area contributed by atoms with Crippen molar-refractivity contribution in [1.29, 1.82) is 0 Å². The molecule has 0 aliphatic heterocycles. The minimum absolute atomic E-state index is 0.371. The molecule has 2 N–H and O–H groups in total. The van der Waals surface area contributed by atoms with Crippen molar-refractivity contribution >= 4 is 17.3 Å². The van der Waals surface area contributed by atoms with E-state index in [1.54, 1.807) is 0 Å². The van der Waals surface area contributed by atoms with Crippen molar-refractivity contribution in [3.63, 3.8) is 0 Å². The van der Waals surface area contributed by atoms with E-state index in [1.807, 2.05) is 17.4 Å². The molecule has 2 rings (SSSR count). The predicted octanol–water partition coefficient (Wildman–Crippen LogP) is 3.79. The van der Waals surface area contributed by atoms with Gasteiger partial charge in [-0.05, 0) is 36.6 Å². The Morgan fingerprint density at radius 3 is 2.79 bits per heavy atom. The maximum absolute atomic E-state index is 5.34. The van der Waals surface area contributed by atoms with Gasteiger partial charge in [0.25, 0.3) is 0 Å². The topological polar surface area (TPSA) is 62.5 Å². The van der Waals surface area contributed by atoms with Crippen molar-refractivity contribution in [2.45, 2.75) is 46.6 Å². The molecule has 0 saturated carbocycles. The second kappa shape index (κ2) is 9.47. The van der Waals surface area contributed by atoms with Crippen LogP contribution < -0.4 is 10.6 Å². The molecule has 24 heavy (non-hydrogen) atoms.